The molecule has 3 nitrogen and oxygen atoms in total. The van der Waals surface area contributed by atoms with E-state index in [2.05, 4.69) is 10.2 Å². The molecule has 1 atom stereocenters. The van der Waals surface area contributed by atoms with Crippen molar-refractivity contribution in [1.29, 1.82) is 0 Å². The van der Waals surface area contributed by atoms with Crippen molar-refractivity contribution in [3.8, 4) is 0 Å². The molecule has 64 valence electrons. The van der Waals surface area contributed by atoms with E-state index in [0.29, 0.717) is 0 Å². The van der Waals surface area contributed by atoms with Crippen LogP contribution in [0.4, 0.5) is 0 Å². The number of H-pyrrole nitrogens is 1. The van der Waals surface area contributed by atoms with Crippen LogP contribution in [0.5, 0.6) is 0 Å². The average Bonchev–Trinajstić information content (AvgIpc) is 2.71. The Hall–Kier alpha value is -0.830. The Labute approximate surface area is 71.3 Å². The van der Waals surface area contributed by atoms with Gasteiger partial charge >= 0.3 is 0 Å². The van der Waals surface area contributed by atoms with Gasteiger partial charge in [-0.05, 0) is 25.7 Å². The highest BCUT2D eigenvalue weighted by Gasteiger charge is 2.34. The lowest BCUT2D eigenvalue weighted by Gasteiger charge is -2.02. The van der Waals surface area contributed by atoms with Crippen LogP contribution >= 0.6 is 0 Å². The molecule has 0 aromatic carbocycles. The van der Waals surface area contributed by atoms with Crippen LogP contribution in [0, 0.1) is 0 Å². The maximum Gasteiger partial charge on any atom is 0.0703 e. The predicted octanol–water partition coefficient (Wildman–Crippen LogP) is 1.23. The zero-order valence-electron chi connectivity index (χ0n) is 7.01. The van der Waals surface area contributed by atoms with Gasteiger partial charge in [0, 0.05) is 23.2 Å². The molecule has 0 saturated heterocycles. The minimum Gasteiger partial charge on any atom is -0.324 e. The van der Waals surface area contributed by atoms with Gasteiger partial charge in [0.05, 0.1) is 5.69 Å². The summed E-state index contributed by atoms with van der Waals surface area (Å²) in [6, 6.07) is 0.259. The summed E-state index contributed by atoms with van der Waals surface area (Å²) < 4.78 is 0. The first-order valence-electron chi connectivity index (χ1n) is 4.69. The Morgan fingerprint density at radius 3 is 2.92 bits per heavy atom. The first-order chi connectivity index (χ1) is 5.86. The summed E-state index contributed by atoms with van der Waals surface area (Å²) in [5.41, 5.74) is 9.91. The zero-order chi connectivity index (χ0) is 8.13. The van der Waals surface area contributed by atoms with Gasteiger partial charge in [0.25, 0.3) is 0 Å². The highest BCUT2D eigenvalue weighted by atomic mass is 15.1. The van der Waals surface area contributed by atoms with Crippen molar-refractivity contribution in [1.82, 2.24) is 10.2 Å². The van der Waals surface area contributed by atoms with E-state index in [1.165, 1.54) is 29.8 Å². The van der Waals surface area contributed by atoms with Crippen LogP contribution in [0.3, 0.4) is 0 Å². The van der Waals surface area contributed by atoms with Gasteiger partial charge in [-0.25, -0.2) is 0 Å². The minimum absolute atomic E-state index is 0.259. The Morgan fingerprint density at radius 1 is 1.33 bits per heavy atom. The van der Waals surface area contributed by atoms with Crippen molar-refractivity contribution in [2.45, 2.75) is 37.6 Å². The SMILES string of the molecule is NC1CCc2[nH]nc(C3CC3)c21. The van der Waals surface area contributed by atoms with Gasteiger partial charge in [-0.3, -0.25) is 5.10 Å². The monoisotopic (exact) mass is 163 g/mol. The van der Waals surface area contributed by atoms with Crippen LogP contribution < -0.4 is 5.73 Å². The van der Waals surface area contributed by atoms with E-state index in [0.717, 1.165) is 18.8 Å². The second-order valence-corrected chi connectivity index (χ2v) is 3.92. The Kier molecular flexibility index (Phi) is 1.17. The summed E-state index contributed by atoms with van der Waals surface area (Å²) in [4.78, 5) is 0. The smallest absolute Gasteiger partial charge is 0.0703 e. The molecule has 1 saturated carbocycles. The molecule has 0 bridgehead atoms. The number of fused-ring (bicyclic) bond motifs is 1. The van der Waals surface area contributed by atoms with Crippen molar-refractivity contribution in [2.24, 2.45) is 5.73 Å². The number of rotatable bonds is 1. The fourth-order valence-corrected chi connectivity index (χ4v) is 2.12. The maximum absolute atomic E-state index is 6.00. The fraction of sp³-hybridized carbons (Fsp3) is 0.667. The van der Waals surface area contributed by atoms with Gasteiger partial charge in [0.15, 0.2) is 0 Å². The molecule has 3 N–H and O–H groups in total. The molecule has 0 amide bonds. The van der Waals surface area contributed by atoms with Gasteiger partial charge < -0.3 is 5.73 Å². The van der Waals surface area contributed by atoms with Gasteiger partial charge in [-0.1, -0.05) is 0 Å². The highest BCUT2D eigenvalue weighted by Crippen LogP contribution is 2.44. The molecule has 3 heteroatoms. The van der Waals surface area contributed by atoms with E-state index in [1.54, 1.807) is 0 Å². The topological polar surface area (TPSA) is 54.7 Å². The third-order valence-corrected chi connectivity index (χ3v) is 2.95. The molecule has 2 aliphatic carbocycles. The van der Waals surface area contributed by atoms with Crippen molar-refractivity contribution < 1.29 is 0 Å². The molecule has 1 heterocycles. The maximum atomic E-state index is 6.00. The minimum atomic E-state index is 0.259. The van der Waals surface area contributed by atoms with E-state index in [-0.39, 0.29) is 6.04 Å². The summed E-state index contributed by atoms with van der Waals surface area (Å²) in [7, 11) is 0. The summed E-state index contributed by atoms with van der Waals surface area (Å²) in [5.74, 6) is 0.731. The third kappa shape index (κ3) is 0.771. The lowest BCUT2D eigenvalue weighted by atomic mass is 10.1. The third-order valence-electron chi connectivity index (χ3n) is 2.95. The number of nitrogens with zero attached hydrogens (tertiary/aromatic N) is 1. The molecule has 0 spiro atoms. The molecule has 1 aromatic heterocycles. The van der Waals surface area contributed by atoms with Gasteiger partial charge in [-0.15, -0.1) is 0 Å². The summed E-state index contributed by atoms with van der Waals surface area (Å²) in [6.07, 6.45) is 4.81. The fourth-order valence-electron chi connectivity index (χ4n) is 2.12. The molecular weight excluding hydrogens is 150 g/mol. The quantitative estimate of drug-likeness (QED) is 0.654. The standard InChI is InChI=1S/C9H13N3/c10-6-3-4-7-8(6)9(12-11-7)5-1-2-5/h5-6H,1-4,10H2,(H,11,12). The van der Waals surface area contributed by atoms with Crippen LogP contribution in [0.2, 0.25) is 0 Å². The van der Waals surface area contributed by atoms with Gasteiger partial charge in [-0.2, -0.15) is 5.10 Å². The predicted molar refractivity (Wildman–Crippen MR) is 45.8 cm³/mol. The van der Waals surface area contributed by atoms with Gasteiger partial charge in [0.1, 0.15) is 0 Å². The second kappa shape index (κ2) is 2.10. The number of nitrogens with one attached hydrogen (secondary N) is 1. The molecule has 1 unspecified atom stereocenters. The summed E-state index contributed by atoms with van der Waals surface area (Å²) >= 11 is 0. The molecule has 2 aliphatic rings. The number of aromatic nitrogens is 2. The average molecular weight is 163 g/mol. The van der Waals surface area contributed by atoms with E-state index >= 15 is 0 Å². The number of aromatic amines is 1. The van der Waals surface area contributed by atoms with Crippen molar-refractivity contribution >= 4 is 0 Å². The highest BCUT2D eigenvalue weighted by molar-refractivity contribution is 5.36. The Bertz CT molecular complexity index is 312. The largest absolute Gasteiger partial charge is 0.324 e. The second-order valence-electron chi connectivity index (χ2n) is 3.92. The van der Waals surface area contributed by atoms with Crippen molar-refractivity contribution in [3.05, 3.63) is 17.0 Å². The molecule has 3 rings (SSSR count). The summed E-state index contributed by atoms with van der Waals surface area (Å²) in [6.45, 7) is 0. The van der Waals surface area contributed by atoms with E-state index in [9.17, 15) is 0 Å². The van der Waals surface area contributed by atoms with E-state index in [1.807, 2.05) is 0 Å². The molecule has 12 heavy (non-hydrogen) atoms. The molecule has 1 aromatic rings. The number of nitrogens with two attached hydrogens (primary N) is 1. The van der Waals surface area contributed by atoms with Crippen LogP contribution in [-0.2, 0) is 6.42 Å². The molecular formula is C9H13N3. The zero-order valence-corrected chi connectivity index (χ0v) is 7.01. The molecule has 0 aliphatic heterocycles. The Morgan fingerprint density at radius 2 is 2.17 bits per heavy atom. The van der Waals surface area contributed by atoms with Crippen LogP contribution in [0.15, 0.2) is 0 Å². The molecule has 0 radical (unpaired) electrons. The first-order valence-corrected chi connectivity index (χ1v) is 4.69. The lowest BCUT2D eigenvalue weighted by Crippen LogP contribution is -2.07. The van der Waals surface area contributed by atoms with E-state index < -0.39 is 0 Å². The van der Waals surface area contributed by atoms with Crippen LogP contribution in [-0.4, -0.2) is 10.2 Å². The number of aryl methyl sites for hydroxylation is 1. The van der Waals surface area contributed by atoms with Crippen LogP contribution in [0.1, 0.15) is 48.2 Å². The van der Waals surface area contributed by atoms with E-state index in [4.69, 9.17) is 5.73 Å². The number of hydrogen-bond donors (Lipinski definition) is 2. The summed E-state index contributed by atoms with van der Waals surface area (Å²) in [5, 5.41) is 7.45. The molecule has 1 fully saturated rings. The Balaban J connectivity index is 2.09. The van der Waals surface area contributed by atoms with Crippen molar-refractivity contribution in [2.75, 3.05) is 0 Å². The normalized spacial score (nSPS) is 27.6. The van der Waals surface area contributed by atoms with Crippen molar-refractivity contribution in [3.63, 3.8) is 0 Å². The lowest BCUT2D eigenvalue weighted by molar-refractivity contribution is 0.692. The van der Waals surface area contributed by atoms with Gasteiger partial charge in [0.2, 0.25) is 0 Å². The number of hydrogen-bond acceptors (Lipinski definition) is 2. The first kappa shape index (κ1) is 6.66. The van der Waals surface area contributed by atoms with Crippen LogP contribution in [0.25, 0.3) is 0 Å².